The molecule has 0 aromatic rings. The van der Waals surface area contributed by atoms with E-state index in [1.165, 1.54) is 6.26 Å². The zero-order chi connectivity index (χ0) is 8.91. The molecule has 11 heavy (non-hydrogen) atoms. The van der Waals surface area contributed by atoms with Crippen molar-refractivity contribution < 1.29 is 12.6 Å². The van der Waals surface area contributed by atoms with Crippen molar-refractivity contribution >= 4 is 10.1 Å². The molecule has 0 saturated heterocycles. The summed E-state index contributed by atoms with van der Waals surface area (Å²) in [7, 11) is -3.31. The van der Waals surface area contributed by atoms with Crippen LogP contribution in [0.4, 0.5) is 0 Å². The van der Waals surface area contributed by atoms with Crippen molar-refractivity contribution in [3.05, 3.63) is 12.3 Å². The smallest absolute Gasteiger partial charge is 0.305 e. The molecule has 0 N–H and O–H groups in total. The molecule has 0 rings (SSSR count). The number of hydrogen-bond donors (Lipinski definition) is 0. The van der Waals surface area contributed by atoms with Crippen LogP contribution in [0.15, 0.2) is 12.3 Å². The molecule has 0 amide bonds. The molecular weight excluding hydrogens is 164 g/mol. The second-order valence-electron chi connectivity index (χ2n) is 2.80. The van der Waals surface area contributed by atoms with Gasteiger partial charge in [0.1, 0.15) is 6.26 Å². The minimum atomic E-state index is -3.31. The van der Waals surface area contributed by atoms with Crippen LogP contribution >= 0.6 is 0 Å². The Labute approximate surface area is 68.2 Å². The SMILES string of the molecule is CC(C)CC=COS(C)(=O)=O. The van der Waals surface area contributed by atoms with Gasteiger partial charge in [-0.15, -0.1) is 0 Å². The van der Waals surface area contributed by atoms with Gasteiger partial charge in [-0.25, -0.2) is 0 Å². The first-order valence-electron chi connectivity index (χ1n) is 3.45. The van der Waals surface area contributed by atoms with Crippen molar-refractivity contribution in [3.63, 3.8) is 0 Å². The molecule has 0 unspecified atom stereocenters. The van der Waals surface area contributed by atoms with Crippen molar-refractivity contribution in [3.8, 4) is 0 Å². The fourth-order valence-corrected chi connectivity index (χ4v) is 0.748. The maximum absolute atomic E-state index is 10.4. The van der Waals surface area contributed by atoms with Crippen LogP contribution in [0.25, 0.3) is 0 Å². The zero-order valence-electron chi connectivity index (χ0n) is 7.07. The van der Waals surface area contributed by atoms with E-state index in [4.69, 9.17) is 0 Å². The van der Waals surface area contributed by atoms with Crippen LogP contribution in [0.5, 0.6) is 0 Å². The van der Waals surface area contributed by atoms with Gasteiger partial charge in [0.15, 0.2) is 0 Å². The third-order valence-corrected chi connectivity index (χ3v) is 1.39. The lowest BCUT2D eigenvalue weighted by Crippen LogP contribution is -1.96. The standard InChI is InChI=1S/C7H14O3S/c1-7(2)5-4-6-10-11(3,8)9/h4,6-7H,5H2,1-3H3. The summed E-state index contributed by atoms with van der Waals surface area (Å²) in [6, 6.07) is 0. The highest BCUT2D eigenvalue weighted by atomic mass is 32.2. The van der Waals surface area contributed by atoms with Crippen molar-refractivity contribution in [1.29, 1.82) is 0 Å². The highest BCUT2D eigenvalue weighted by molar-refractivity contribution is 7.86. The third kappa shape index (κ3) is 9.49. The van der Waals surface area contributed by atoms with Gasteiger partial charge in [-0.3, -0.25) is 0 Å². The molecule has 0 aliphatic carbocycles. The third-order valence-electron chi connectivity index (χ3n) is 0.934. The molecule has 0 fully saturated rings. The van der Waals surface area contributed by atoms with Gasteiger partial charge >= 0.3 is 10.1 Å². The predicted octanol–water partition coefficient (Wildman–Crippen LogP) is 1.52. The van der Waals surface area contributed by atoms with Gasteiger partial charge in [-0.05, 0) is 18.4 Å². The van der Waals surface area contributed by atoms with Gasteiger partial charge in [0.25, 0.3) is 0 Å². The predicted molar refractivity (Wildman–Crippen MR) is 44.5 cm³/mol. The Morgan fingerprint density at radius 3 is 2.36 bits per heavy atom. The topological polar surface area (TPSA) is 43.4 Å². The average Bonchev–Trinajstić information content (AvgIpc) is 1.78. The summed E-state index contributed by atoms with van der Waals surface area (Å²) in [4.78, 5) is 0. The van der Waals surface area contributed by atoms with E-state index < -0.39 is 10.1 Å². The first-order valence-corrected chi connectivity index (χ1v) is 5.26. The van der Waals surface area contributed by atoms with Crippen LogP contribution in [0.2, 0.25) is 0 Å². The lowest BCUT2D eigenvalue weighted by atomic mass is 10.1. The summed E-state index contributed by atoms with van der Waals surface area (Å²) in [5.74, 6) is 0.523. The summed E-state index contributed by atoms with van der Waals surface area (Å²) >= 11 is 0. The molecule has 3 nitrogen and oxygen atoms in total. The van der Waals surface area contributed by atoms with Gasteiger partial charge in [-0.1, -0.05) is 13.8 Å². The fourth-order valence-electron chi connectivity index (χ4n) is 0.468. The maximum atomic E-state index is 10.4. The molecule has 0 radical (unpaired) electrons. The Morgan fingerprint density at radius 1 is 1.45 bits per heavy atom. The fraction of sp³-hybridized carbons (Fsp3) is 0.714. The highest BCUT2D eigenvalue weighted by Gasteiger charge is 1.95. The van der Waals surface area contributed by atoms with Gasteiger partial charge in [0, 0.05) is 0 Å². The zero-order valence-corrected chi connectivity index (χ0v) is 7.89. The van der Waals surface area contributed by atoms with E-state index in [0.29, 0.717) is 5.92 Å². The molecule has 66 valence electrons. The molecule has 0 aliphatic rings. The van der Waals surface area contributed by atoms with Crippen molar-refractivity contribution in [2.24, 2.45) is 5.92 Å². The average molecular weight is 178 g/mol. The van der Waals surface area contributed by atoms with Crippen LogP contribution in [-0.4, -0.2) is 14.7 Å². The molecule has 0 atom stereocenters. The molecule has 0 aliphatic heterocycles. The quantitative estimate of drug-likeness (QED) is 0.484. The van der Waals surface area contributed by atoms with Gasteiger partial charge in [-0.2, -0.15) is 8.42 Å². The Balaban J connectivity index is 3.63. The van der Waals surface area contributed by atoms with Crippen LogP contribution in [-0.2, 0) is 14.3 Å². The second-order valence-corrected chi connectivity index (χ2v) is 4.40. The molecule has 0 saturated carbocycles. The summed E-state index contributed by atoms with van der Waals surface area (Å²) in [5, 5.41) is 0. The van der Waals surface area contributed by atoms with Crippen LogP contribution in [0, 0.1) is 5.92 Å². The van der Waals surface area contributed by atoms with E-state index >= 15 is 0 Å². The van der Waals surface area contributed by atoms with Crippen molar-refractivity contribution in [2.75, 3.05) is 6.26 Å². The van der Waals surface area contributed by atoms with E-state index in [2.05, 4.69) is 4.18 Å². The minimum Gasteiger partial charge on any atom is -0.391 e. The Hall–Kier alpha value is -0.510. The van der Waals surface area contributed by atoms with Gasteiger partial charge in [0.2, 0.25) is 0 Å². The Morgan fingerprint density at radius 2 is 2.00 bits per heavy atom. The Bertz CT molecular complexity index is 214. The number of rotatable bonds is 4. The lowest BCUT2D eigenvalue weighted by molar-refractivity contribution is 0.446. The molecule has 0 bridgehead atoms. The van der Waals surface area contributed by atoms with E-state index in [0.717, 1.165) is 12.7 Å². The first-order chi connectivity index (χ1) is 4.92. The van der Waals surface area contributed by atoms with Crippen molar-refractivity contribution in [1.82, 2.24) is 0 Å². The molecule has 0 aromatic carbocycles. The summed E-state index contributed by atoms with van der Waals surface area (Å²) in [6.07, 6.45) is 4.77. The van der Waals surface area contributed by atoms with E-state index in [-0.39, 0.29) is 0 Å². The molecule has 0 spiro atoms. The van der Waals surface area contributed by atoms with E-state index in [1.807, 2.05) is 13.8 Å². The Kier molecular flexibility index (Phi) is 4.18. The highest BCUT2D eigenvalue weighted by Crippen LogP contribution is 2.00. The maximum Gasteiger partial charge on any atom is 0.305 e. The number of allylic oxidation sites excluding steroid dienone is 1. The van der Waals surface area contributed by atoms with Crippen LogP contribution in [0.3, 0.4) is 0 Å². The lowest BCUT2D eigenvalue weighted by Gasteiger charge is -1.97. The molecule has 4 heteroatoms. The summed E-state index contributed by atoms with van der Waals surface area (Å²) < 4.78 is 25.2. The second kappa shape index (κ2) is 4.38. The van der Waals surface area contributed by atoms with E-state index in [1.54, 1.807) is 6.08 Å². The van der Waals surface area contributed by atoms with Gasteiger partial charge in [0.05, 0.1) is 6.26 Å². The monoisotopic (exact) mass is 178 g/mol. The summed E-state index contributed by atoms with van der Waals surface area (Å²) in [5.41, 5.74) is 0. The molecule has 0 heterocycles. The molecule has 0 aromatic heterocycles. The largest absolute Gasteiger partial charge is 0.391 e. The minimum absolute atomic E-state index is 0.523. The first kappa shape index (κ1) is 10.5. The van der Waals surface area contributed by atoms with Crippen LogP contribution in [0.1, 0.15) is 20.3 Å². The van der Waals surface area contributed by atoms with E-state index in [9.17, 15) is 8.42 Å². The van der Waals surface area contributed by atoms with Crippen LogP contribution < -0.4 is 0 Å². The summed E-state index contributed by atoms with van der Waals surface area (Å²) in [6.45, 7) is 4.09. The molecular formula is C7H14O3S. The normalized spacial score (nSPS) is 12.7. The number of hydrogen-bond acceptors (Lipinski definition) is 3. The van der Waals surface area contributed by atoms with Crippen molar-refractivity contribution in [2.45, 2.75) is 20.3 Å². The van der Waals surface area contributed by atoms with Gasteiger partial charge < -0.3 is 4.18 Å².